The first kappa shape index (κ1) is 27.2. The van der Waals surface area contributed by atoms with Crippen molar-refractivity contribution in [3.05, 3.63) is 58.7 Å². The molecule has 7 rings (SSSR count). The number of halogens is 2. The van der Waals surface area contributed by atoms with E-state index >= 15 is 0 Å². The molecule has 2 saturated heterocycles. The van der Waals surface area contributed by atoms with E-state index in [1.54, 1.807) is 16.8 Å². The number of aryl methyl sites for hydroxylation is 1. The molecule has 3 saturated carbocycles. The number of hydrogen-bond donors (Lipinski definition) is 2. The van der Waals surface area contributed by atoms with Crippen molar-refractivity contribution in [1.82, 2.24) is 10.6 Å². The number of hydrogen-bond acceptors (Lipinski definition) is 6. The van der Waals surface area contributed by atoms with Crippen LogP contribution in [0.25, 0.3) is 0 Å². The van der Waals surface area contributed by atoms with E-state index in [0.29, 0.717) is 38.0 Å². The number of nitrogens with zero attached hydrogens (tertiary/aromatic N) is 2. The van der Waals surface area contributed by atoms with Crippen molar-refractivity contribution in [2.24, 2.45) is 5.41 Å². The molecule has 41 heavy (non-hydrogen) atoms. The van der Waals surface area contributed by atoms with E-state index < -0.39 is 46.5 Å². The van der Waals surface area contributed by atoms with Gasteiger partial charge >= 0.3 is 6.09 Å². The summed E-state index contributed by atoms with van der Waals surface area (Å²) in [5, 5.41) is 4.92. The van der Waals surface area contributed by atoms with Crippen LogP contribution in [0.5, 0.6) is 0 Å². The molecule has 0 spiro atoms. The van der Waals surface area contributed by atoms with Crippen molar-refractivity contribution >= 4 is 35.2 Å². The number of benzene rings is 2. The summed E-state index contributed by atoms with van der Waals surface area (Å²) < 4.78 is 35.4. The maximum atomic E-state index is 14.9. The Hall–Kier alpha value is -4.02. The molecule has 216 valence electrons. The van der Waals surface area contributed by atoms with Crippen LogP contribution in [-0.2, 0) is 19.1 Å². The number of imide groups is 1. The van der Waals surface area contributed by atoms with Crippen LogP contribution in [0.15, 0.2) is 30.3 Å². The molecule has 5 aliphatic rings. The second kappa shape index (κ2) is 9.53. The van der Waals surface area contributed by atoms with Gasteiger partial charge in [-0.2, -0.15) is 0 Å². The highest BCUT2D eigenvalue weighted by molar-refractivity contribution is 6.01. The van der Waals surface area contributed by atoms with E-state index in [-0.39, 0.29) is 30.4 Å². The third-order valence-electron chi connectivity index (χ3n) is 9.21. The van der Waals surface area contributed by atoms with Gasteiger partial charge in [0.1, 0.15) is 17.2 Å². The molecule has 9 nitrogen and oxygen atoms in total. The zero-order valence-corrected chi connectivity index (χ0v) is 23.2. The molecule has 2 heterocycles. The van der Waals surface area contributed by atoms with Gasteiger partial charge in [0.2, 0.25) is 17.7 Å². The summed E-state index contributed by atoms with van der Waals surface area (Å²) in [6, 6.07) is 7.96. The van der Waals surface area contributed by atoms with Crippen molar-refractivity contribution in [2.45, 2.75) is 63.5 Å². The lowest BCUT2D eigenvalue weighted by molar-refractivity contribution is -0.246. The van der Waals surface area contributed by atoms with Crippen LogP contribution < -0.4 is 20.4 Å². The molecule has 2 aliphatic heterocycles. The topological polar surface area (TPSA) is 108 Å². The molecule has 11 heteroatoms. The van der Waals surface area contributed by atoms with Crippen LogP contribution in [0.2, 0.25) is 0 Å². The molecule has 5 fully saturated rings. The Bertz CT molecular complexity index is 1440. The lowest BCUT2D eigenvalue weighted by atomic mass is 9.40. The van der Waals surface area contributed by atoms with Crippen LogP contribution in [0.4, 0.5) is 25.0 Å². The molecule has 2 bridgehead atoms. The van der Waals surface area contributed by atoms with Crippen molar-refractivity contribution in [3.63, 3.8) is 0 Å². The predicted octanol–water partition coefficient (Wildman–Crippen LogP) is 3.60. The third-order valence-corrected chi connectivity index (χ3v) is 9.21. The summed E-state index contributed by atoms with van der Waals surface area (Å²) in [4.78, 5) is 52.7. The van der Waals surface area contributed by atoms with E-state index in [9.17, 15) is 28.0 Å². The van der Waals surface area contributed by atoms with Gasteiger partial charge < -0.3 is 19.9 Å². The van der Waals surface area contributed by atoms with Gasteiger partial charge in [-0.3, -0.25) is 19.7 Å². The van der Waals surface area contributed by atoms with Gasteiger partial charge in [0.05, 0.1) is 17.4 Å². The zero-order valence-electron chi connectivity index (χ0n) is 23.2. The average molecular weight is 567 g/mol. The fourth-order valence-corrected chi connectivity index (χ4v) is 6.82. The average Bonchev–Trinajstić information content (AvgIpc) is 2.84. The minimum absolute atomic E-state index is 0.0232. The highest BCUT2D eigenvalue weighted by Gasteiger charge is 2.75. The zero-order chi connectivity index (χ0) is 29.3. The molecular formula is C30H32F2N4O5. The SMILES string of the molecule is Cc1cccc(N(C)C(=O)C23CC(OC(=O)NC4CN(c5cc(F)c(C6CCC(=O)NC6=O)c(F)c5)C4)(C2)C3)c1C. The number of rotatable bonds is 6. The number of anilines is 2. The highest BCUT2D eigenvalue weighted by Crippen LogP contribution is 2.69. The molecule has 1 unspecified atom stereocenters. The smallest absolute Gasteiger partial charge is 0.408 e. The van der Waals surface area contributed by atoms with Gasteiger partial charge in [0.25, 0.3) is 0 Å². The van der Waals surface area contributed by atoms with E-state index in [1.165, 1.54) is 12.1 Å². The number of nitrogens with one attached hydrogen (secondary N) is 2. The maximum Gasteiger partial charge on any atom is 0.408 e. The van der Waals surface area contributed by atoms with Crippen LogP contribution >= 0.6 is 0 Å². The van der Waals surface area contributed by atoms with Crippen LogP contribution in [-0.4, -0.2) is 55.6 Å². The van der Waals surface area contributed by atoms with Crippen LogP contribution in [0, 0.1) is 30.9 Å². The molecule has 4 amide bonds. The fourth-order valence-electron chi connectivity index (χ4n) is 6.82. The Morgan fingerprint density at radius 3 is 2.39 bits per heavy atom. The predicted molar refractivity (Wildman–Crippen MR) is 145 cm³/mol. The second-order valence-corrected chi connectivity index (χ2v) is 12.0. The van der Waals surface area contributed by atoms with E-state index in [0.717, 1.165) is 16.8 Å². The molecule has 0 aromatic heterocycles. The van der Waals surface area contributed by atoms with Gasteiger partial charge in [-0.15, -0.1) is 0 Å². The van der Waals surface area contributed by atoms with Gasteiger partial charge in [0, 0.05) is 62.8 Å². The van der Waals surface area contributed by atoms with Gasteiger partial charge in [0.15, 0.2) is 0 Å². The monoisotopic (exact) mass is 566 g/mol. The number of ether oxygens (including phenoxy) is 1. The lowest BCUT2D eigenvalue weighted by Crippen LogP contribution is -2.74. The quantitative estimate of drug-likeness (QED) is 0.518. The first-order valence-electron chi connectivity index (χ1n) is 13.8. The Kier molecular flexibility index (Phi) is 6.31. The summed E-state index contributed by atoms with van der Waals surface area (Å²) >= 11 is 0. The van der Waals surface area contributed by atoms with Gasteiger partial charge in [-0.1, -0.05) is 12.1 Å². The van der Waals surface area contributed by atoms with Crippen LogP contribution in [0.1, 0.15) is 54.7 Å². The third kappa shape index (κ3) is 4.51. The van der Waals surface area contributed by atoms with Crippen molar-refractivity contribution in [3.8, 4) is 0 Å². The molecule has 2 aromatic rings. The summed E-state index contributed by atoms with van der Waals surface area (Å²) in [5.74, 6) is -3.87. The number of amides is 4. The fraction of sp³-hybridized carbons (Fsp3) is 0.467. The van der Waals surface area contributed by atoms with Gasteiger partial charge in [-0.25, -0.2) is 13.6 Å². The van der Waals surface area contributed by atoms with E-state index in [4.69, 9.17) is 4.74 Å². The maximum absolute atomic E-state index is 14.9. The largest absolute Gasteiger partial charge is 0.443 e. The Morgan fingerprint density at radius 1 is 1.10 bits per heavy atom. The highest BCUT2D eigenvalue weighted by atomic mass is 19.1. The first-order valence-corrected chi connectivity index (χ1v) is 13.8. The molecule has 1 atom stereocenters. The second-order valence-electron chi connectivity index (χ2n) is 12.0. The first-order chi connectivity index (χ1) is 19.4. The Balaban J connectivity index is 0.989. The molecule has 3 aliphatic carbocycles. The summed E-state index contributed by atoms with van der Waals surface area (Å²) in [6.45, 7) is 4.68. The van der Waals surface area contributed by atoms with E-state index in [2.05, 4.69) is 10.6 Å². The van der Waals surface area contributed by atoms with Crippen molar-refractivity contribution < 1.29 is 32.7 Å². The lowest BCUT2D eigenvalue weighted by Gasteiger charge is -2.67. The standard InChI is InChI=1S/C30H32F2N4O5/c1-16-5-4-6-23(17(16)2)35(3)27(39)29-13-30(14-29,15-29)41-28(40)33-18-11-36(12-18)19-9-21(31)25(22(32)10-19)20-7-8-24(37)34-26(20)38/h4-6,9-10,18,20H,7-8,11-15H2,1-3H3,(H,33,40)(H,34,37,38). The summed E-state index contributed by atoms with van der Waals surface area (Å²) in [6.07, 6.45) is 0.997. The Morgan fingerprint density at radius 2 is 1.76 bits per heavy atom. The minimum Gasteiger partial charge on any atom is -0.443 e. The normalized spacial score (nSPS) is 26.8. The van der Waals surface area contributed by atoms with Crippen molar-refractivity contribution in [2.75, 3.05) is 29.9 Å². The Labute approximate surface area is 236 Å². The van der Waals surface area contributed by atoms with Crippen LogP contribution in [0.3, 0.4) is 0 Å². The molecule has 2 aromatic carbocycles. The number of piperidine rings is 1. The molecule has 2 N–H and O–H groups in total. The summed E-state index contributed by atoms with van der Waals surface area (Å²) in [7, 11) is 1.78. The van der Waals surface area contributed by atoms with Gasteiger partial charge in [-0.05, 0) is 49.6 Å². The van der Waals surface area contributed by atoms with Crippen molar-refractivity contribution in [1.29, 1.82) is 0 Å². The number of carbonyl (C=O) groups is 4. The molecule has 0 radical (unpaired) electrons. The number of carbonyl (C=O) groups excluding carboxylic acids is 4. The van der Waals surface area contributed by atoms with E-state index in [1.807, 2.05) is 32.0 Å². The number of alkyl carbamates (subject to hydrolysis) is 1. The molecular weight excluding hydrogens is 534 g/mol. The summed E-state index contributed by atoms with van der Waals surface area (Å²) in [5.41, 5.74) is 1.90. The minimum atomic E-state index is -1.05.